The van der Waals surface area contributed by atoms with Gasteiger partial charge in [-0.3, -0.25) is 0 Å². The molecule has 0 saturated carbocycles. The summed E-state index contributed by atoms with van der Waals surface area (Å²) in [6.45, 7) is 3.23. The van der Waals surface area contributed by atoms with Crippen LogP contribution in [0.5, 0.6) is 0 Å². The molecule has 1 aliphatic heterocycles. The summed E-state index contributed by atoms with van der Waals surface area (Å²) in [5, 5.41) is 0. The van der Waals surface area contributed by atoms with Crippen LogP contribution in [-0.4, -0.2) is 36.2 Å². The van der Waals surface area contributed by atoms with Gasteiger partial charge in [0, 0.05) is 36.2 Å². The molecule has 3 nitrogen and oxygen atoms in total. The van der Waals surface area contributed by atoms with Crippen LogP contribution in [0.2, 0.25) is 0 Å². The molecule has 4 rings (SSSR count). The van der Waals surface area contributed by atoms with Crippen LogP contribution in [0.3, 0.4) is 0 Å². The van der Waals surface area contributed by atoms with Gasteiger partial charge in [-0.05, 0) is 29.8 Å². The molecule has 0 amide bonds. The fraction of sp³-hybridized carbons (Fsp3) is 0.160. The van der Waals surface area contributed by atoms with Crippen LogP contribution in [0, 0.1) is 0 Å². The number of ether oxygens (including phenoxy) is 1. The molecular weight excluding hydrogens is 376 g/mol. The average Bonchev–Trinajstić information content (AvgIpc) is 2.80. The summed E-state index contributed by atoms with van der Waals surface area (Å²) in [5.41, 5.74) is 4.25. The fourth-order valence-corrected chi connectivity index (χ4v) is 3.80. The van der Waals surface area contributed by atoms with Crippen LogP contribution in [0.15, 0.2) is 97.2 Å². The third-order valence-electron chi connectivity index (χ3n) is 4.90. The predicted octanol–water partition coefficient (Wildman–Crippen LogP) is 5.53. The van der Waals surface area contributed by atoms with Crippen molar-refractivity contribution in [2.75, 3.05) is 31.2 Å². The molecule has 3 aromatic carbocycles. The van der Waals surface area contributed by atoms with Gasteiger partial charge in [0.2, 0.25) is 0 Å². The first-order valence-electron chi connectivity index (χ1n) is 9.86. The number of anilines is 2. The standard InChI is InChI=1S/C25H24N2OS/c29-25(27(22-12-6-2-7-13-22)23-14-8-3-9-15-23)24(21-10-4-1-5-11-21)20-26-16-18-28-19-17-26/h1-15,20H,16-19H2. The van der Waals surface area contributed by atoms with Gasteiger partial charge in [-0.1, -0.05) is 78.9 Å². The van der Waals surface area contributed by atoms with Crippen molar-refractivity contribution in [3.8, 4) is 0 Å². The summed E-state index contributed by atoms with van der Waals surface area (Å²) < 4.78 is 5.52. The zero-order valence-corrected chi connectivity index (χ0v) is 17.1. The Morgan fingerprint density at radius 2 is 1.24 bits per heavy atom. The number of rotatable bonds is 5. The van der Waals surface area contributed by atoms with Crippen molar-refractivity contribution in [3.05, 3.63) is 103 Å². The quantitative estimate of drug-likeness (QED) is 0.413. The highest BCUT2D eigenvalue weighted by Gasteiger charge is 2.20. The Morgan fingerprint density at radius 3 is 1.76 bits per heavy atom. The molecule has 1 fully saturated rings. The molecule has 1 aliphatic rings. The number of nitrogens with zero attached hydrogens (tertiary/aromatic N) is 2. The van der Waals surface area contributed by atoms with Crippen LogP contribution in [0.4, 0.5) is 11.4 Å². The first kappa shape index (κ1) is 19.4. The summed E-state index contributed by atoms with van der Waals surface area (Å²) in [6.07, 6.45) is 2.19. The second-order valence-corrected chi connectivity index (χ2v) is 7.26. The SMILES string of the molecule is S=C(C(=CN1CCOCC1)c1ccccc1)N(c1ccccc1)c1ccccc1. The van der Waals surface area contributed by atoms with Crippen molar-refractivity contribution in [1.82, 2.24) is 4.90 Å². The summed E-state index contributed by atoms with van der Waals surface area (Å²) in [6, 6.07) is 31.0. The van der Waals surface area contributed by atoms with Crippen molar-refractivity contribution < 1.29 is 4.74 Å². The molecule has 0 spiro atoms. The van der Waals surface area contributed by atoms with Crippen LogP contribution in [0.25, 0.3) is 5.57 Å². The van der Waals surface area contributed by atoms with Gasteiger partial charge >= 0.3 is 0 Å². The second kappa shape index (κ2) is 9.50. The fourth-order valence-electron chi connectivity index (χ4n) is 3.42. The number of hydrogen-bond donors (Lipinski definition) is 0. The van der Waals surface area contributed by atoms with E-state index in [0.717, 1.165) is 53.8 Å². The lowest BCUT2D eigenvalue weighted by Gasteiger charge is -2.30. The first-order valence-corrected chi connectivity index (χ1v) is 10.3. The maximum Gasteiger partial charge on any atom is 0.120 e. The highest BCUT2D eigenvalue weighted by atomic mass is 32.1. The van der Waals surface area contributed by atoms with Crippen LogP contribution < -0.4 is 4.90 Å². The van der Waals surface area contributed by atoms with Gasteiger partial charge in [0.15, 0.2) is 0 Å². The number of para-hydroxylation sites is 2. The molecule has 0 N–H and O–H groups in total. The molecule has 4 heteroatoms. The maximum atomic E-state index is 6.11. The zero-order valence-electron chi connectivity index (χ0n) is 16.3. The smallest absolute Gasteiger partial charge is 0.120 e. The second-order valence-electron chi connectivity index (χ2n) is 6.87. The minimum absolute atomic E-state index is 0.742. The molecule has 0 radical (unpaired) electrons. The molecule has 29 heavy (non-hydrogen) atoms. The topological polar surface area (TPSA) is 15.7 Å². The largest absolute Gasteiger partial charge is 0.378 e. The van der Waals surface area contributed by atoms with E-state index in [1.165, 1.54) is 0 Å². The van der Waals surface area contributed by atoms with E-state index in [4.69, 9.17) is 17.0 Å². The normalized spacial score (nSPS) is 14.5. The van der Waals surface area contributed by atoms with Crippen LogP contribution in [-0.2, 0) is 4.74 Å². The molecule has 1 saturated heterocycles. The van der Waals surface area contributed by atoms with Crippen molar-refractivity contribution >= 4 is 34.2 Å². The lowest BCUT2D eigenvalue weighted by Crippen LogP contribution is -2.33. The van der Waals surface area contributed by atoms with E-state index in [9.17, 15) is 0 Å². The van der Waals surface area contributed by atoms with E-state index in [-0.39, 0.29) is 0 Å². The van der Waals surface area contributed by atoms with Crippen molar-refractivity contribution in [3.63, 3.8) is 0 Å². The minimum Gasteiger partial charge on any atom is -0.378 e. The number of morpholine rings is 1. The number of hydrogen-bond acceptors (Lipinski definition) is 3. The van der Waals surface area contributed by atoms with E-state index in [2.05, 4.69) is 64.5 Å². The maximum absolute atomic E-state index is 6.11. The van der Waals surface area contributed by atoms with E-state index >= 15 is 0 Å². The summed E-state index contributed by atoms with van der Waals surface area (Å²) in [7, 11) is 0. The van der Waals surface area contributed by atoms with E-state index in [0.29, 0.717) is 0 Å². The van der Waals surface area contributed by atoms with Gasteiger partial charge in [0.05, 0.1) is 13.2 Å². The molecule has 0 aromatic heterocycles. The summed E-state index contributed by atoms with van der Waals surface area (Å²) in [4.78, 5) is 5.22. The monoisotopic (exact) mass is 400 g/mol. The molecule has 3 aromatic rings. The molecular formula is C25H24N2OS. The number of benzene rings is 3. The minimum atomic E-state index is 0.742. The Morgan fingerprint density at radius 1 is 0.759 bits per heavy atom. The molecule has 146 valence electrons. The third kappa shape index (κ3) is 4.73. The van der Waals surface area contributed by atoms with Gasteiger partial charge in [-0.25, -0.2) is 0 Å². The van der Waals surface area contributed by atoms with Gasteiger partial charge in [-0.2, -0.15) is 0 Å². The van der Waals surface area contributed by atoms with Gasteiger partial charge in [-0.15, -0.1) is 0 Å². The molecule has 1 heterocycles. The summed E-state index contributed by atoms with van der Waals surface area (Å²) in [5.74, 6) is 0. The van der Waals surface area contributed by atoms with Crippen molar-refractivity contribution in [2.24, 2.45) is 0 Å². The van der Waals surface area contributed by atoms with Gasteiger partial charge < -0.3 is 14.5 Å². The van der Waals surface area contributed by atoms with Crippen molar-refractivity contribution in [2.45, 2.75) is 0 Å². The van der Waals surface area contributed by atoms with E-state index in [1.807, 2.05) is 42.5 Å². The third-order valence-corrected chi connectivity index (χ3v) is 5.31. The molecule has 0 unspecified atom stereocenters. The Balaban J connectivity index is 1.79. The van der Waals surface area contributed by atoms with E-state index < -0.39 is 0 Å². The molecule has 0 bridgehead atoms. The first-order chi connectivity index (χ1) is 14.3. The Bertz CT molecular complexity index is 912. The van der Waals surface area contributed by atoms with Gasteiger partial charge in [0.25, 0.3) is 0 Å². The lowest BCUT2D eigenvalue weighted by molar-refractivity contribution is 0.0597. The Labute approximate surface area is 177 Å². The zero-order chi connectivity index (χ0) is 19.9. The number of thiocarbonyl (C=S) groups is 1. The molecule has 0 atom stereocenters. The van der Waals surface area contributed by atoms with Crippen LogP contribution in [0.1, 0.15) is 5.56 Å². The Hall–Kier alpha value is -2.95. The molecule has 0 aliphatic carbocycles. The summed E-state index contributed by atoms with van der Waals surface area (Å²) >= 11 is 6.11. The highest BCUT2D eigenvalue weighted by molar-refractivity contribution is 7.81. The van der Waals surface area contributed by atoms with E-state index in [1.54, 1.807) is 0 Å². The predicted molar refractivity (Wildman–Crippen MR) is 124 cm³/mol. The highest BCUT2D eigenvalue weighted by Crippen LogP contribution is 2.31. The van der Waals surface area contributed by atoms with Crippen molar-refractivity contribution in [1.29, 1.82) is 0 Å². The average molecular weight is 401 g/mol. The van der Waals surface area contributed by atoms with Crippen LogP contribution >= 0.6 is 12.2 Å². The van der Waals surface area contributed by atoms with Gasteiger partial charge in [0.1, 0.15) is 4.99 Å². The Kier molecular flexibility index (Phi) is 6.35. The lowest BCUT2D eigenvalue weighted by atomic mass is 10.0.